The number of carbonyl (C=O) groups is 1. The second-order valence-electron chi connectivity index (χ2n) is 5.84. The standard InChI is InChI=1S/C19H19ClN4O/c1-13-22-18(24-23-13)12-21-19(25)11-17(14-6-3-2-4-7-14)15-8-5-9-16(20)10-15/h2-10,17H,11-12H2,1H3,(H,21,25)(H,22,23,24)/t17-/m0/s1. The van der Waals surface area contributed by atoms with Crippen LogP contribution in [-0.2, 0) is 11.3 Å². The molecule has 0 spiro atoms. The molecule has 0 fully saturated rings. The minimum atomic E-state index is -0.0613. The number of nitrogens with one attached hydrogen (secondary N) is 2. The van der Waals surface area contributed by atoms with Gasteiger partial charge in [-0.1, -0.05) is 54.1 Å². The topological polar surface area (TPSA) is 70.7 Å². The van der Waals surface area contributed by atoms with Crippen molar-refractivity contribution in [2.75, 3.05) is 0 Å². The van der Waals surface area contributed by atoms with Crippen molar-refractivity contribution in [3.05, 3.63) is 82.4 Å². The summed E-state index contributed by atoms with van der Waals surface area (Å²) in [6, 6.07) is 17.6. The smallest absolute Gasteiger partial charge is 0.221 e. The van der Waals surface area contributed by atoms with E-state index in [1.54, 1.807) is 0 Å². The van der Waals surface area contributed by atoms with E-state index in [-0.39, 0.29) is 11.8 Å². The second-order valence-corrected chi connectivity index (χ2v) is 6.27. The van der Waals surface area contributed by atoms with Crippen LogP contribution in [0.25, 0.3) is 0 Å². The zero-order chi connectivity index (χ0) is 17.6. The highest BCUT2D eigenvalue weighted by atomic mass is 35.5. The van der Waals surface area contributed by atoms with Gasteiger partial charge in [0, 0.05) is 17.4 Å². The molecule has 3 aromatic rings. The minimum absolute atomic E-state index is 0.0590. The lowest BCUT2D eigenvalue weighted by atomic mass is 9.88. The largest absolute Gasteiger partial charge is 0.349 e. The fourth-order valence-corrected chi connectivity index (χ4v) is 2.94. The SMILES string of the molecule is Cc1nc(CNC(=O)C[C@@H](c2ccccc2)c2cccc(Cl)c2)n[nH]1. The molecule has 25 heavy (non-hydrogen) atoms. The van der Waals surface area contributed by atoms with Crippen LogP contribution >= 0.6 is 11.6 Å². The van der Waals surface area contributed by atoms with E-state index in [4.69, 9.17) is 11.6 Å². The number of amides is 1. The lowest BCUT2D eigenvalue weighted by Gasteiger charge is -2.18. The first-order chi connectivity index (χ1) is 12.1. The van der Waals surface area contributed by atoms with E-state index in [1.165, 1.54) is 0 Å². The summed E-state index contributed by atoms with van der Waals surface area (Å²) >= 11 is 6.14. The number of aromatic nitrogens is 3. The molecule has 6 heteroatoms. The quantitative estimate of drug-likeness (QED) is 0.710. The molecule has 128 valence electrons. The van der Waals surface area contributed by atoms with Gasteiger partial charge >= 0.3 is 0 Å². The molecule has 0 aliphatic heterocycles. The molecule has 0 aliphatic rings. The third-order valence-electron chi connectivity index (χ3n) is 3.93. The Balaban J connectivity index is 1.74. The number of hydrogen-bond donors (Lipinski definition) is 2. The summed E-state index contributed by atoms with van der Waals surface area (Å²) in [6.07, 6.45) is 0.327. The number of aryl methyl sites for hydroxylation is 1. The number of halogens is 1. The third kappa shape index (κ3) is 4.67. The predicted molar refractivity (Wildman–Crippen MR) is 97.3 cm³/mol. The van der Waals surface area contributed by atoms with Gasteiger partial charge in [0.25, 0.3) is 0 Å². The van der Waals surface area contributed by atoms with E-state index in [9.17, 15) is 4.79 Å². The molecule has 0 radical (unpaired) electrons. The number of benzene rings is 2. The highest BCUT2D eigenvalue weighted by Crippen LogP contribution is 2.29. The molecule has 1 atom stereocenters. The summed E-state index contributed by atoms with van der Waals surface area (Å²) in [4.78, 5) is 16.6. The molecule has 5 nitrogen and oxygen atoms in total. The van der Waals surface area contributed by atoms with Crippen LogP contribution in [0.4, 0.5) is 0 Å². The Morgan fingerprint density at radius 3 is 2.60 bits per heavy atom. The van der Waals surface area contributed by atoms with Crippen LogP contribution in [0.15, 0.2) is 54.6 Å². The lowest BCUT2D eigenvalue weighted by Crippen LogP contribution is -2.25. The molecule has 0 unspecified atom stereocenters. The summed E-state index contributed by atoms with van der Waals surface area (Å²) in [5, 5.41) is 10.3. The van der Waals surface area contributed by atoms with Crippen LogP contribution in [0.3, 0.4) is 0 Å². The average molecular weight is 355 g/mol. The maximum Gasteiger partial charge on any atom is 0.221 e. The monoisotopic (exact) mass is 354 g/mol. The van der Waals surface area contributed by atoms with Crippen LogP contribution in [0.1, 0.15) is 35.1 Å². The molecule has 1 amide bonds. The summed E-state index contributed by atoms with van der Waals surface area (Å²) in [7, 11) is 0. The lowest BCUT2D eigenvalue weighted by molar-refractivity contribution is -0.121. The van der Waals surface area contributed by atoms with Gasteiger partial charge in [0.05, 0.1) is 6.54 Å². The van der Waals surface area contributed by atoms with Gasteiger partial charge in [0.2, 0.25) is 5.91 Å². The van der Waals surface area contributed by atoms with Crippen molar-refractivity contribution in [2.45, 2.75) is 25.8 Å². The molecular formula is C19H19ClN4O. The Kier molecular flexibility index (Phi) is 5.46. The molecule has 0 saturated heterocycles. The number of H-pyrrole nitrogens is 1. The van der Waals surface area contributed by atoms with Crippen LogP contribution < -0.4 is 5.32 Å². The van der Waals surface area contributed by atoms with Gasteiger partial charge in [-0.15, -0.1) is 0 Å². The van der Waals surface area contributed by atoms with Crippen molar-refractivity contribution in [1.82, 2.24) is 20.5 Å². The number of carbonyl (C=O) groups excluding carboxylic acids is 1. The van der Waals surface area contributed by atoms with E-state index in [0.29, 0.717) is 23.8 Å². The van der Waals surface area contributed by atoms with Gasteiger partial charge in [-0.3, -0.25) is 9.89 Å². The van der Waals surface area contributed by atoms with Crippen molar-refractivity contribution in [3.63, 3.8) is 0 Å². The van der Waals surface area contributed by atoms with Crippen LogP contribution in [0.2, 0.25) is 5.02 Å². The number of rotatable bonds is 6. The molecule has 3 rings (SSSR count). The molecule has 0 aliphatic carbocycles. The summed E-state index contributed by atoms with van der Waals surface area (Å²) in [5.41, 5.74) is 2.09. The van der Waals surface area contributed by atoms with Crippen molar-refractivity contribution in [3.8, 4) is 0 Å². The molecule has 2 N–H and O–H groups in total. The predicted octanol–water partition coefficient (Wildman–Crippen LogP) is 3.60. The average Bonchev–Trinajstić information content (AvgIpc) is 3.04. The Hall–Kier alpha value is -2.66. The number of aromatic amines is 1. The van der Waals surface area contributed by atoms with Gasteiger partial charge in [0.15, 0.2) is 5.82 Å². The van der Waals surface area contributed by atoms with Crippen molar-refractivity contribution in [2.24, 2.45) is 0 Å². The van der Waals surface area contributed by atoms with Gasteiger partial charge in [-0.05, 0) is 30.2 Å². The van der Waals surface area contributed by atoms with Crippen LogP contribution in [0.5, 0.6) is 0 Å². The van der Waals surface area contributed by atoms with E-state index < -0.39 is 0 Å². The molecular weight excluding hydrogens is 336 g/mol. The minimum Gasteiger partial charge on any atom is -0.349 e. The van der Waals surface area contributed by atoms with Gasteiger partial charge in [0.1, 0.15) is 5.82 Å². The third-order valence-corrected chi connectivity index (χ3v) is 4.16. The highest BCUT2D eigenvalue weighted by Gasteiger charge is 2.18. The first-order valence-corrected chi connectivity index (χ1v) is 8.44. The van der Waals surface area contributed by atoms with Crippen molar-refractivity contribution >= 4 is 17.5 Å². The zero-order valence-corrected chi connectivity index (χ0v) is 14.6. The maximum absolute atomic E-state index is 12.5. The summed E-state index contributed by atoms with van der Waals surface area (Å²) < 4.78 is 0. The Labute approximate surface area is 151 Å². The fraction of sp³-hybridized carbons (Fsp3) is 0.211. The molecule has 2 aromatic carbocycles. The second kappa shape index (κ2) is 7.94. The summed E-state index contributed by atoms with van der Waals surface area (Å²) in [6.45, 7) is 2.13. The Morgan fingerprint density at radius 1 is 1.16 bits per heavy atom. The van der Waals surface area contributed by atoms with Crippen molar-refractivity contribution < 1.29 is 4.79 Å². The van der Waals surface area contributed by atoms with E-state index in [0.717, 1.165) is 17.0 Å². The van der Waals surface area contributed by atoms with E-state index in [1.807, 2.05) is 61.5 Å². The zero-order valence-electron chi connectivity index (χ0n) is 13.9. The molecule has 0 bridgehead atoms. The fourth-order valence-electron chi connectivity index (χ4n) is 2.74. The van der Waals surface area contributed by atoms with Crippen molar-refractivity contribution in [1.29, 1.82) is 0 Å². The number of hydrogen-bond acceptors (Lipinski definition) is 3. The highest BCUT2D eigenvalue weighted by molar-refractivity contribution is 6.30. The maximum atomic E-state index is 12.5. The first-order valence-electron chi connectivity index (χ1n) is 8.07. The molecule has 0 saturated carbocycles. The van der Waals surface area contributed by atoms with Crippen LogP contribution in [-0.4, -0.2) is 21.1 Å². The normalized spacial score (nSPS) is 11.9. The number of nitrogens with zero attached hydrogens (tertiary/aromatic N) is 2. The summed E-state index contributed by atoms with van der Waals surface area (Å²) in [5.74, 6) is 1.18. The van der Waals surface area contributed by atoms with Gasteiger partial charge in [-0.2, -0.15) is 5.10 Å². The Morgan fingerprint density at radius 2 is 1.92 bits per heavy atom. The van der Waals surface area contributed by atoms with E-state index in [2.05, 4.69) is 20.5 Å². The van der Waals surface area contributed by atoms with Gasteiger partial charge < -0.3 is 5.32 Å². The molecule has 1 heterocycles. The van der Waals surface area contributed by atoms with Crippen LogP contribution in [0, 0.1) is 6.92 Å². The molecule has 1 aromatic heterocycles. The first kappa shape index (κ1) is 17.2. The van der Waals surface area contributed by atoms with E-state index >= 15 is 0 Å². The van der Waals surface area contributed by atoms with Gasteiger partial charge in [-0.25, -0.2) is 4.98 Å². The Bertz CT molecular complexity index is 847.